The van der Waals surface area contributed by atoms with Crippen LogP contribution in [0, 0.1) is 5.92 Å². The monoisotopic (exact) mass is 367 g/mol. The molecule has 0 aliphatic rings. The molecule has 0 fully saturated rings. The van der Waals surface area contributed by atoms with Crippen molar-refractivity contribution in [3.63, 3.8) is 0 Å². The van der Waals surface area contributed by atoms with Gasteiger partial charge in [-0.1, -0.05) is 29.8 Å². The summed E-state index contributed by atoms with van der Waals surface area (Å²) >= 11 is 2.77. The maximum atomic E-state index is 12.8. The first kappa shape index (κ1) is 17.5. The number of carboxylic acids is 1. The fourth-order valence-corrected chi connectivity index (χ4v) is 2.09. The quantitative estimate of drug-likeness (QED) is 0.857. The van der Waals surface area contributed by atoms with Gasteiger partial charge in [-0.15, -0.1) is 0 Å². The molecule has 8 heteroatoms. The number of alkyl halides is 3. The Balaban J connectivity index is 3.06. The lowest BCUT2D eigenvalue weighted by Gasteiger charge is -2.18. The van der Waals surface area contributed by atoms with Crippen LogP contribution in [-0.4, -0.2) is 23.0 Å². The third kappa shape index (κ3) is 4.45. The van der Waals surface area contributed by atoms with Crippen molar-refractivity contribution < 1.29 is 27.9 Å². The summed E-state index contributed by atoms with van der Waals surface area (Å²) in [5, 5.41) is 11.2. The van der Waals surface area contributed by atoms with Crippen LogP contribution in [-0.2, 0) is 11.0 Å². The SMILES string of the molecule is CC(C)[C@@H](NC(=O)c1ccc(Br)c(C(F)(F)F)c1)C(=O)O. The Hall–Kier alpha value is -1.57. The molecule has 0 aliphatic carbocycles. The normalized spacial score (nSPS) is 13.1. The van der Waals surface area contributed by atoms with Gasteiger partial charge in [0.1, 0.15) is 6.04 Å². The topological polar surface area (TPSA) is 66.4 Å². The van der Waals surface area contributed by atoms with Gasteiger partial charge in [-0.2, -0.15) is 13.2 Å². The second-order valence-corrected chi connectivity index (χ2v) is 5.58. The molecule has 1 aromatic carbocycles. The van der Waals surface area contributed by atoms with Crippen molar-refractivity contribution in [3.05, 3.63) is 33.8 Å². The number of carbonyl (C=O) groups excluding carboxylic acids is 1. The molecule has 0 saturated heterocycles. The Morgan fingerprint density at radius 3 is 2.29 bits per heavy atom. The van der Waals surface area contributed by atoms with Crippen molar-refractivity contribution in [3.8, 4) is 0 Å². The summed E-state index contributed by atoms with van der Waals surface area (Å²) in [6, 6.07) is 1.80. The average Bonchev–Trinajstić information content (AvgIpc) is 2.33. The van der Waals surface area contributed by atoms with E-state index in [9.17, 15) is 22.8 Å². The lowest BCUT2D eigenvalue weighted by atomic mass is 10.0. The molecule has 0 aromatic heterocycles. The van der Waals surface area contributed by atoms with Gasteiger partial charge in [-0.3, -0.25) is 4.79 Å². The number of rotatable bonds is 4. The second kappa shape index (κ2) is 6.46. The van der Waals surface area contributed by atoms with Crippen LogP contribution in [0.1, 0.15) is 29.8 Å². The molecule has 1 atom stereocenters. The zero-order chi connectivity index (χ0) is 16.4. The highest BCUT2D eigenvalue weighted by Crippen LogP contribution is 2.35. The van der Waals surface area contributed by atoms with Crippen LogP contribution in [0.4, 0.5) is 13.2 Å². The number of carboxylic acid groups (broad SMARTS) is 1. The van der Waals surface area contributed by atoms with Crippen molar-refractivity contribution in [2.45, 2.75) is 26.1 Å². The maximum Gasteiger partial charge on any atom is 0.417 e. The van der Waals surface area contributed by atoms with Crippen LogP contribution in [0.15, 0.2) is 22.7 Å². The van der Waals surface area contributed by atoms with Crippen LogP contribution in [0.2, 0.25) is 0 Å². The molecule has 4 nitrogen and oxygen atoms in total. The Bertz CT molecular complexity index is 558. The number of hydrogen-bond acceptors (Lipinski definition) is 2. The van der Waals surface area contributed by atoms with E-state index in [1.807, 2.05) is 0 Å². The summed E-state index contributed by atoms with van der Waals surface area (Å²) < 4.78 is 38.1. The number of aliphatic carboxylic acids is 1. The molecule has 1 rings (SSSR count). The van der Waals surface area contributed by atoms with Gasteiger partial charge >= 0.3 is 12.1 Å². The van der Waals surface area contributed by atoms with E-state index in [1.165, 1.54) is 6.07 Å². The summed E-state index contributed by atoms with van der Waals surface area (Å²) in [5.74, 6) is -2.51. The number of amides is 1. The number of nitrogens with one attached hydrogen (secondary N) is 1. The van der Waals surface area contributed by atoms with E-state index in [0.29, 0.717) is 6.07 Å². The van der Waals surface area contributed by atoms with Crippen molar-refractivity contribution in [2.24, 2.45) is 5.92 Å². The standard InChI is InChI=1S/C13H13BrF3NO3/c1-6(2)10(12(20)21)18-11(19)7-3-4-9(14)8(5-7)13(15,16)17/h3-6,10H,1-2H3,(H,18,19)(H,20,21)/t10-/m1/s1. The summed E-state index contributed by atoms with van der Waals surface area (Å²) in [6.45, 7) is 3.17. The Labute approximate surface area is 127 Å². The third-order valence-corrected chi connectivity index (χ3v) is 3.44. The highest BCUT2D eigenvalue weighted by atomic mass is 79.9. The van der Waals surface area contributed by atoms with E-state index in [2.05, 4.69) is 21.2 Å². The van der Waals surface area contributed by atoms with Crippen LogP contribution < -0.4 is 5.32 Å². The zero-order valence-electron chi connectivity index (χ0n) is 11.2. The lowest BCUT2D eigenvalue weighted by molar-refractivity contribution is -0.140. The summed E-state index contributed by atoms with van der Waals surface area (Å²) in [4.78, 5) is 22.9. The largest absolute Gasteiger partial charge is 0.480 e. The number of halogens is 4. The van der Waals surface area contributed by atoms with Gasteiger partial charge in [-0.25, -0.2) is 4.79 Å². The molecule has 1 aromatic rings. The van der Waals surface area contributed by atoms with Gasteiger partial charge in [-0.05, 0) is 24.1 Å². The van der Waals surface area contributed by atoms with Crippen LogP contribution in [0.25, 0.3) is 0 Å². The van der Waals surface area contributed by atoms with Crippen LogP contribution in [0.5, 0.6) is 0 Å². The van der Waals surface area contributed by atoms with E-state index < -0.39 is 35.6 Å². The molecule has 0 aliphatic heterocycles. The van der Waals surface area contributed by atoms with Crippen molar-refractivity contribution in [1.82, 2.24) is 5.32 Å². The highest BCUT2D eigenvalue weighted by molar-refractivity contribution is 9.10. The number of carbonyl (C=O) groups is 2. The molecule has 1 amide bonds. The van der Waals surface area contributed by atoms with E-state index >= 15 is 0 Å². The van der Waals surface area contributed by atoms with E-state index in [-0.39, 0.29) is 10.0 Å². The van der Waals surface area contributed by atoms with E-state index in [0.717, 1.165) is 6.07 Å². The van der Waals surface area contributed by atoms with Crippen LogP contribution >= 0.6 is 15.9 Å². The molecule has 0 saturated carbocycles. The van der Waals surface area contributed by atoms with Crippen molar-refractivity contribution >= 4 is 27.8 Å². The van der Waals surface area contributed by atoms with Crippen LogP contribution in [0.3, 0.4) is 0 Å². The molecule has 0 unspecified atom stereocenters. The molecule has 0 radical (unpaired) electrons. The second-order valence-electron chi connectivity index (χ2n) is 4.73. The van der Waals surface area contributed by atoms with Gasteiger partial charge in [0.05, 0.1) is 5.56 Å². The summed E-state index contributed by atoms with van der Waals surface area (Å²) in [7, 11) is 0. The predicted octanol–water partition coefficient (Wildman–Crippen LogP) is 3.31. The van der Waals surface area contributed by atoms with Crippen molar-refractivity contribution in [1.29, 1.82) is 0 Å². The molecule has 0 bridgehead atoms. The predicted molar refractivity (Wildman–Crippen MR) is 72.9 cm³/mol. The Morgan fingerprint density at radius 1 is 1.29 bits per heavy atom. The summed E-state index contributed by atoms with van der Waals surface area (Å²) in [6.07, 6.45) is -4.61. The first-order valence-corrected chi connectivity index (χ1v) is 6.73. The Kier molecular flexibility index (Phi) is 5.38. The fraction of sp³-hybridized carbons (Fsp3) is 0.385. The maximum absolute atomic E-state index is 12.8. The number of benzene rings is 1. The fourth-order valence-electron chi connectivity index (χ4n) is 1.62. The van der Waals surface area contributed by atoms with E-state index in [1.54, 1.807) is 13.8 Å². The van der Waals surface area contributed by atoms with Gasteiger partial charge in [0, 0.05) is 10.0 Å². The third-order valence-electron chi connectivity index (χ3n) is 2.75. The van der Waals surface area contributed by atoms with Gasteiger partial charge in [0.15, 0.2) is 0 Å². The first-order valence-electron chi connectivity index (χ1n) is 5.94. The molecule has 116 valence electrons. The average molecular weight is 368 g/mol. The number of hydrogen-bond donors (Lipinski definition) is 2. The highest BCUT2D eigenvalue weighted by Gasteiger charge is 2.34. The van der Waals surface area contributed by atoms with E-state index in [4.69, 9.17) is 5.11 Å². The molecule has 0 heterocycles. The van der Waals surface area contributed by atoms with Gasteiger partial charge < -0.3 is 10.4 Å². The van der Waals surface area contributed by atoms with Crippen molar-refractivity contribution in [2.75, 3.05) is 0 Å². The first-order chi connectivity index (χ1) is 9.54. The minimum Gasteiger partial charge on any atom is -0.480 e. The van der Waals surface area contributed by atoms with Gasteiger partial charge in [0.2, 0.25) is 0 Å². The molecule has 21 heavy (non-hydrogen) atoms. The summed E-state index contributed by atoms with van der Waals surface area (Å²) in [5.41, 5.74) is -1.25. The lowest BCUT2D eigenvalue weighted by Crippen LogP contribution is -2.44. The van der Waals surface area contributed by atoms with Gasteiger partial charge in [0.25, 0.3) is 5.91 Å². The molecule has 0 spiro atoms. The smallest absolute Gasteiger partial charge is 0.417 e. The Morgan fingerprint density at radius 2 is 1.86 bits per heavy atom. The molecular formula is C13H13BrF3NO3. The molecular weight excluding hydrogens is 355 g/mol. The minimum atomic E-state index is -4.61. The molecule has 2 N–H and O–H groups in total. The minimum absolute atomic E-state index is 0.190. The zero-order valence-corrected chi connectivity index (χ0v) is 12.7.